The molecule has 0 atom stereocenters. The standard InChI is InChI=1S/C22H20N4O2S/c1-15-7-9-16(10-8-15)24-21(27)14-29-22-19-13-18(25-26(19)12-11-23-22)17-5-3-4-6-20(17)28-2/h3-13H,14H2,1-2H3,(H,24,27). The van der Waals surface area contributed by atoms with Gasteiger partial charge in [0.15, 0.2) is 0 Å². The summed E-state index contributed by atoms with van der Waals surface area (Å²) in [6.07, 6.45) is 3.48. The van der Waals surface area contributed by atoms with Crippen LogP contribution < -0.4 is 10.1 Å². The zero-order chi connectivity index (χ0) is 20.2. The van der Waals surface area contributed by atoms with Crippen LogP contribution >= 0.6 is 11.8 Å². The van der Waals surface area contributed by atoms with E-state index in [0.29, 0.717) is 0 Å². The number of carbonyl (C=O) groups is 1. The van der Waals surface area contributed by atoms with Crippen molar-refractivity contribution in [2.45, 2.75) is 11.9 Å². The second-order valence-electron chi connectivity index (χ2n) is 6.49. The molecule has 0 bridgehead atoms. The van der Waals surface area contributed by atoms with Crippen LogP contribution in [0.5, 0.6) is 5.75 Å². The van der Waals surface area contributed by atoms with E-state index in [-0.39, 0.29) is 11.7 Å². The van der Waals surface area contributed by atoms with Crippen LogP contribution in [-0.2, 0) is 4.79 Å². The van der Waals surface area contributed by atoms with Gasteiger partial charge in [0, 0.05) is 23.6 Å². The molecule has 0 radical (unpaired) electrons. The summed E-state index contributed by atoms with van der Waals surface area (Å²) < 4.78 is 7.22. The van der Waals surface area contributed by atoms with E-state index in [1.54, 1.807) is 24.0 Å². The number of hydrogen-bond acceptors (Lipinski definition) is 5. The lowest BCUT2D eigenvalue weighted by atomic mass is 10.1. The summed E-state index contributed by atoms with van der Waals surface area (Å²) in [5.74, 6) is 0.943. The molecule has 4 rings (SSSR count). The van der Waals surface area contributed by atoms with Gasteiger partial charge in [-0.3, -0.25) is 4.79 Å². The van der Waals surface area contributed by atoms with Crippen molar-refractivity contribution < 1.29 is 9.53 Å². The summed E-state index contributed by atoms with van der Waals surface area (Å²) in [5.41, 5.74) is 4.49. The molecule has 0 fully saturated rings. The van der Waals surface area contributed by atoms with Crippen molar-refractivity contribution in [2.24, 2.45) is 0 Å². The Bertz CT molecular complexity index is 1160. The van der Waals surface area contributed by atoms with E-state index in [2.05, 4.69) is 15.4 Å². The third-order valence-corrected chi connectivity index (χ3v) is 5.41. The number of nitrogens with zero attached hydrogens (tertiary/aromatic N) is 3. The fraction of sp³-hybridized carbons (Fsp3) is 0.136. The maximum Gasteiger partial charge on any atom is 0.234 e. The normalized spacial score (nSPS) is 10.8. The SMILES string of the molecule is COc1ccccc1-c1cc2c(SCC(=O)Nc3ccc(C)cc3)nccn2n1. The van der Waals surface area contributed by atoms with E-state index < -0.39 is 0 Å². The van der Waals surface area contributed by atoms with Crippen molar-refractivity contribution in [1.29, 1.82) is 0 Å². The van der Waals surface area contributed by atoms with Crippen LogP contribution in [0.2, 0.25) is 0 Å². The molecule has 29 heavy (non-hydrogen) atoms. The molecule has 0 saturated heterocycles. The van der Waals surface area contributed by atoms with Crippen molar-refractivity contribution in [1.82, 2.24) is 14.6 Å². The third kappa shape index (κ3) is 4.25. The predicted molar refractivity (Wildman–Crippen MR) is 116 cm³/mol. The summed E-state index contributed by atoms with van der Waals surface area (Å²) in [6.45, 7) is 2.01. The number of anilines is 1. The van der Waals surface area contributed by atoms with Gasteiger partial charge in [0.25, 0.3) is 0 Å². The van der Waals surface area contributed by atoms with Crippen molar-refractivity contribution in [3.63, 3.8) is 0 Å². The minimum absolute atomic E-state index is 0.0767. The second kappa shape index (κ2) is 8.36. The number of methoxy groups -OCH3 is 1. The van der Waals surface area contributed by atoms with Crippen LogP contribution in [0.25, 0.3) is 16.8 Å². The Morgan fingerprint density at radius 3 is 2.76 bits per heavy atom. The molecular weight excluding hydrogens is 384 g/mol. The molecule has 4 aromatic rings. The van der Waals surface area contributed by atoms with E-state index in [1.165, 1.54) is 11.8 Å². The highest BCUT2D eigenvalue weighted by Crippen LogP contribution is 2.31. The first-order valence-electron chi connectivity index (χ1n) is 9.11. The van der Waals surface area contributed by atoms with Crippen molar-refractivity contribution in [3.8, 4) is 17.0 Å². The second-order valence-corrected chi connectivity index (χ2v) is 7.46. The first-order chi connectivity index (χ1) is 14.1. The molecule has 0 aliphatic rings. The predicted octanol–water partition coefficient (Wildman–Crippen LogP) is 4.44. The average Bonchev–Trinajstić information content (AvgIpc) is 3.18. The largest absolute Gasteiger partial charge is 0.496 e. The summed E-state index contributed by atoms with van der Waals surface area (Å²) >= 11 is 1.38. The number of hydrogen-bond donors (Lipinski definition) is 1. The quantitative estimate of drug-likeness (QED) is 0.481. The number of thioether (sulfide) groups is 1. The van der Waals surface area contributed by atoms with Gasteiger partial charge in [-0.05, 0) is 37.3 Å². The average molecular weight is 404 g/mol. The number of para-hydroxylation sites is 1. The minimum Gasteiger partial charge on any atom is -0.496 e. The Hall–Kier alpha value is -3.32. The highest BCUT2D eigenvalue weighted by Gasteiger charge is 2.13. The molecule has 2 aromatic carbocycles. The fourth-order valence-electron chi connectivity index (χ4n) is 2.97. The Kier molecular flexibility index (Phi) is 5.48. The number of rotatable bonds is 6. The van der Waals surface area contributed by atoms with Gasteiger partial charge in [-0.15, -0.1) is 0 Å². The summed E-state index contributed by atoms with van der Waals surface area (Å²) in [4.78, 5) is 16.8. The maximum atomic E-state index is 12.3. The van der Waals surface area contributed by atoms with Gasteiger partial charge in [-0.1, -0.05) is 41.6 Å². The molecule has 0 spiro atoms. The van der Waals surface area contributed by atoms with Gasteiger partial charge in [0.2, 0.25) is 5.91 Å². The van der Waals surface area contributed by atoms with E-state index in [4.69, 9.17) is 4.74 Å². The number of carbonyl (C=O) groups excluding carboxylic acids is 1. The van der Waals surface area contributed by atoms with Gasteiger partial charge in [-0.2, -0.15) is 5.10 Å². The van der Waals surface area contributed by atoms with Crippen LogP contribution in [0.4, 0.5) is 5.69 Å². The maximum absolute atomic E-state index is 12.3. The fourth-order valence-corrected chi connectivity index (χ4v) is 3.74. The van der Waals surface area contributed by atoms with E-state index >= 15 is 0 Å². The lowest BCUT2D eigenvalue weighted by Gasteiger charge is -2.06. The van der Waals surface area contributed by atoms with E-state index in [9.17, 15) is 4.79 Å². The molecule has 2 heterocycles. The topological polar surface area (TPSA) is 68.5 Å². The van der Waals surface area contributed by atoms with Crippen LogP contribution in [0.15, 0.2) is 72.0 Å². The van der Waals surface area contributed by atoms with Gasteiger partial charge in [0.1, 0.15) is 10.8 Å². The van der Waals surface area contributed by atoms with Crippen LogP contribution in [0, 0.1) is 6.92 Å². The number of benzene rings is 2. The third-order valence-electron chi connectivity index (χ3n) is 4.41. The van der Waals surface area contributed by atoms with Crippen molar-refractivity contribution >= 4 is 28.9 Å². The first kappa shape index (κ1) is 19.0. The Labute approximate surface area is 172 Å². The molecule has 1 N–H and O–H groups in total. The number of amides is 1. The summed E-state index contributed by atoms with van der Waals surface area (Å²) in [7, 11) is 1.64. The Balaban J connectivity index is 1.53. The summed E-state index contributed by atoms with van der Waals surface area (Å²) in [5, 5.41) is 8.30. The molecule has 1 amide bonds. The monoisotopic (exact) mass is 404 g/mol. The first-order valence-corrected chi connectivity index (χ1v) is 10.1. The minimum atomic E-state index is -0.0767. The Morgan fingerprint density at radius 2 is 1.97 bits per heavy atom. The number of aryl methyl sites for hydroxylation is 1. The molecule has 0 saturated carbocycles. The van der Waals surface area contributed by atoms with Gasteiger partial charge in [0.05, 0.1) is 24.1 Å². The number of fused-ring (bicyclic) bond motifs is 1. The van der Waals surface area contributed by atoms with Crippen molar-refractivity contribution in [3.05, 3.63) is 72.6 Å². The molecule has 2 aromatic heterocycles. The van der Waals surface area contributed by atoms with Crippen LogP contribution in [0.3, 0.4) is 0 Å². The van der Waals surface area contributed by atoms with Gasteiger partial charge < -0.3 is 10.1 Å². The number of nitrogens with one attached hydrogen (secondary N) is 1. The zero-order valence-electron chi connectivity index (χ0n) is 16.1. The van der Waals surface area contributed by atoms with Crippen LogP contribution in [-0.4, -0.2) is 33.4 Å². The molecule has 146 valence electrons. The lowest BCUT2D eigenvalue weighted by Crippen LogP contribution is -2.14. The summed E-state index contributed by atoms with van der Waals surface area (Å²) in [6, 6.07) is 17.4. The van der Waals surface area contributed by atoms with Crippen molar-refractivity contribution in [2.75, 3.05) is 18.2 Å². The van der Waals surface area contributed by atoms with E-state index in [1.807, 2.05) is 61.5 Å². The number of aromatic nitrogens is 3. The molecule has 6 nitrogen and oxygen atoms in total. The van der Waals surface area contributed by atoms with E-state index in [0.717, 1.165) is 38.8 Å². The molecule has 0 unspecified atom stereocenters. The Morgan fingerprint density at radius 1 is 1.17 bits per heavy atom. The lowest BCUT2D eigenvalue weighted by molar-refractivity contribution is -0.113. The van der Waals surface area contributed by atoms with Gasteiger partial charge >= 0.3 is 0 Å². The highest BCUT2D eigenvalue weighted by molar-refractivity contribution is 8.00. The molecular formula is C22H20N4O2S. The molecule has 0 aliphatic carbocycles. The van der Waals surface area contributed by atoms with Gasteiger partial charge in [-0.25, -0.2) is 9.50 Å². The smallest absolute Gasteiger partial charge is 0.234 e. The van der Waals surface area contributed by atoms with Crippen LogP contribution in [0.1, 0.15) is 5.56 Å². The molecule has 0 aliphatic heterocycles. The number of ether oxygens (including phenoxy) is 1. The molecule has 7 heteroatoms. The zero-order valence-corrected chi connectivity index (χ0v) is 16.9. The highest BCUT2D eigenvalue weighted by atomic mass is 32.2.